The van der Waals surface area contributed by atoms with Gasteiger partial charge in [0.05, 0.1) is 6.10 Å². The molecule has 2 rings (SSSR count). The molecule has 0 aromatic heterocycles. The molecule has 0 spiro atoms. The number of ether oxygens (including phenoxy) is 1. The van der Waals surface area contributed by atoms with E-state index in [-0.39, 0.29) is 5.54 Å². The van der Waals surface area contributed by atoms with Crippen molar-refractivity contribution in [2.75, 3.05) is 39.8 Å². The molecule has 3 unspecified atom stereocenters. The Balaban J connectivity index is 2.14. The number of rotatable bonds is 2. The van der Waals surface area contributed by atoms with E-state index in [1.807, 2.05) is 0 Å². The second-order valence-electron chi connectivity index (χ2n) is 6.22. The van der Waals surface area contributed by atoms with Crippen molar-refractivity contribution in [3.8, 4) is 0 Å². The summed E-state index contributed by atoms with van der Waals surface area (Å²) in [6.45, 7) is 9.67. The summed E-state index contributed by atoms with van der Waals surface area (Å²) < 4.78 is 5.72. The standard InChI is InChI=1S/C14H29N3O/c1-12-10-16(3)6-4-7-17(12)14(11-15)5-8-18-13(2)9-14/h12-13H,4-11,15H2,1-3H3. The Morgan fingerprint density at radius 2 is 2.11 bits per heavy atom. The smallest absolute Gasteiger partial charge is 0.0565 e. The molecule has 4 heteroatoms. The van der Waals surface area contributed by atoms with Crippen LogP contribution in [0.15, 0.2) is 0 Å². The molecule has 0 aromatic carbocycles. The minimum absolute atomic E-state index is 0.169. The SMILES string of the molecule is CC1CC(CN)(N2CCCN(C)CC2C)CCO1. The molecule has 0 radical (unpaired) electrons. The molecule has 106 valence electrons. The summed E-state index contributed by atoms with van der Waals surface area (Å²) in [5, 5.41) is 0. The van der Waals surface area contributed by atoms with E-state index in [0.717, 1.165) is 32.5 Å². The van der Waals surface area contributed by atoms with E-state index in [0.29, 0.717) is 12.1 Å². The van der Waals surface area contributed by atoms with E-state index in [1.165, 1.54) is 19.5 Å². The zero-order valence-corrected chi connectivity index (χ0v) is 12.2. The minimum Gasteiger partial charge on any atom is -0.378 e. The summed E-state index contributed by atoms with van der Waals surface area (Å²) in [5.41, 5.74) is 6.34. The van der Waals surface area contributed by atoms with Crippen molar-refractivity contribution in [1.82, 2.24) is 9.80 Å². The Kier molecular flexibility index (Phi) is 4.64. The minimum atomic E-state index is 0.169. The highest BCUT2D eigenvalue weighted by Gasteiger charge is 2.42. The lowest BCUT2D eigenvalue weighted by atomic mass is 9.84. The second kappa shape index (κ2) is 5.87. The van der Waals surface area contributed by atoms with E-state index in [2.05, 4.69) is 30.7 Å². The topological polar surface area (TPSA) is 41.7 Å². The monoisotopic (exact) mass is 255 g/mol. The first kappa shape index (κ1) is 14.3. The lowest BCUT2D eigenvalue weighted by Crippen LogP contribution is -2.61. The van der Waals surface area contributed by atoms with Crippen LogP contribution in [0.25, 0.3) is 0 Å². The van der Waals surface area contributed by atoms with Gasteiger partial charge in [-0.2, -0.15) is 0 Å². The molecule has 2 heterocycles. The quantitative estimate of drug-likeness (QED) is 0.796. The van der Waals surface area contributed by atoms with Gasteiger partial charge in [-0.15, -0.1) is 0 Å². The van der Waals surface area contributed by atoms with Gasteiger partial charge in [-0.05, 0) is 46.7 Å². The normalized spacial score (nSPS) is 40.7. The average molecular weight is 255 g/mol. The van der Waals surface area contributed by atoms with Gasteiger partial charge in [-0.25, -0.2) is 0 Å². The first-order valence-electron chi connectivity index (χ1n) is 7.34. The maximum Gasteiger partial charge on any atom is 0.0565 e. The fraction of sp³-hybridized carbons (Fsp3) is 1.00. The number of hydrogen-bond donors (Lipinski definition) is 1. The summed E-state index contributed by atoms with van der Waals surface area (Å²) in [7, 11) is 2.22. The van der Waals surface area contributed by atoms with Gasteiger partial charge in [0.25, 0.3) is 0 Å². The first-order valence-corrected chi connectivity index (χ1v) is 7.34. The number of nitrogens with zero attached hydrogens (tertiary/aromatic N) is 2. The van der Waals surface area contributed by atoms with Crippen molar-refractivity contribution in [3.05, 3.63) is 0 Å². The molecular weight excluding hydrogens is 226 g/mol. The van der Waals surface area contributed by atoms with Crippen LogP contribution in [0.3, 0.4) is 0 Å². The molecule has 2 N–H and O–H groups in total. The van der Waals surface area contributed by atoms with E-state index in [4.69, 9.17) is 10.5 Å². The molecule has 0 amide bonds. The van der Waals surface area contributed by atoms with Gasteiger partial charge < -0.3 is 15.4 Å². The highest BCUT2D eigenvalue weighted by atomic mass is 16.5. The number of nitrogens with two attached hydrogens (primary N) is 1. The van der Waals surface area contributed by atoms with Gasteiger partial charge in [0.2, 0.25) is 0 Å². The van der Waals surface area contributed by atoms with Gasteiger partial charge in [0.15, 0.2) is 0 Å². The van der Waals surface area contributed by atoms with Crippen molar-refractivity contribution in [2.45, 2.75) is 50.8 Å². The molecular formula is C14H29N3O. The fourth-order valence-electron chi connectivity index (χ4n) is 3.79. The predicted octanol–water partition coefficient (Wildman–Crippen LogP) is 0.909. The van der Waals surface area contributed by atoms with E-state index < -0.39 is 0 Å². The van der Waals surface area contributed by atoms with Gasteiger partial charge in [-0.1, -0.05) is 0 Å². The Labute approximate surface area is 111 Å². The zero-order chi connectivity index (χ0) is 13.2. The van der Waals surface area contributed by atoms with Crippen LogP contribution in [-0.2, 0) is 4.74 Å². The van der Waals surface area contributed by atoms with Crippen LogP contribution in [-0.4, -0.2) is 67.3 Å². The third kappa shape index (κ3) is 2.87. The lowest BCUT2D eigenvalue weighted by Gasteiger charge is -2.49. The predicted molar refractivity (Wildman–Crippen MR) is 74.7 cm³/mol. The largest absolute Gasteiger partial charge is 0.378 e. The Hall–Kier alpha value is -0.160. The van der Waals surface area contributed by atoms with Crippen LogP contribution in [0.2, 0.25) is 0 Å². The lowest BCUT2D eigenvalue weighted by molar-refractivity contribution is -0.0741. The number of hydrogen-bond acceptors (Lipinski definition) is 4. The molecule has 4 nitrogen and oxygen atoms in total. The molecule has 2 fully saturated rings. The van der Waals surface area contributed by atoms with Crippen molar-refractivity contribution >= 4 is 0 Å². The Morgan fingerprint density at radius 1 is 1.33 bits per heavy atom. The van der Waals surface area contributed by atoms with Crippen LogP contribution >= 0.6 is 0 Å². The summed E-state index contributed by atoms with van der Waals surface area (Å²) in [6.07, 6.45) is 3.76. The first-order chi connectivity index (χ1) is 8.57. The van der Waals surface area contributed by atoms with Crippen LogP contribution in [0.5, 0.6) is 0 Å². The van der Waals surface area contributed by atoms with Crippen molar-refractivity contribution < 1.29 is 4.74 Å². The van der Waals surface area contributed by atoms with Crippen molar-refractivity contribution in [1.29, 1.82) is 0 Å². The molecule has 0 aromatic rings. The summed E-state index contributed by atoms with van der Waals surface area (Å²) >= 11 is 0. The number of likely N-dealkylation sites (N-methyl/N-ethyl adjacent to an activating group) is 1. The van der Waals surface area contributed by atoms with E-state index >= 15 is 0 Å². The van der Waals surface area contributed by atoms with Crippen molar-refractivity contribution in [2.24, 2.45) is 5.73 Å². The van der Waals surface area contributed by atoms with Crippen LogP contribution < -0.4 is 5.73 Å². The molecule has 18 heavy (non-hydrogen) atoms. The Morgan fingerprint density at radius 3 is 2.78 bits per heavy atom. The summed E-state index contributed by atoms with van der Waals surface area (Å²) in [6, 6.07) is 0.589. The third-order valence-electron chi connectivity index (χ3n) is 4.67. The van der Waals surface area contributed by atoms with E-state index in [1.54, 1.807) is 0 Å². The maximum absolute atomic E-state index is 6.17. The van der Waals surface area contributed by atoms with E-state index in [9.17, 15) is 0 Å². The third-order valence-corrected chi connectivity index (χ3v) is 4.67. The van der Waals surface area contributed by atoms with Crippen molar-refractivity contribution in [3.63, 3.8) is 0 Å². The second-order valence-corrected chi connectivity index (χ2v) is 6.22. The molecule has 3 atom stereocenters. The summed E-state index contributed by atoms with van der Waals surface area (Å²) in [5.74, 6) is 0. The molecule has 0 bridgehead atoms. The fourth-order valence-corrected chi connectivity index (χ4v) is 3.79. The molecule has 0 saturated carbocycles. The Bertz CT molecular complexity index is 274. The molecule has 0 aliphatic carbocycles. The van der Waals surface area contributed by atoms with Crippen LogP contribution in [0.1, 0.15) is 33.1 Å². The highest BCUT2D eigenvalue weighted by Crippen LogP contribution is 2.32. The zero-order valence-electron chi connectivity index (χ0n) is 12.2. The molecule has 2 aliphatic rings. The van der Waals surface area contributed by atoms with Gasteiger partial charge in [0.1, 0.15) is 0 Å². The van der Waals surface area contributed by atoms with Gasteiger partial charge in [0, 0.05) is 37.8 Å². The molecule has 2 saturated heterocycles. The highest BCUT2D eigenvalue weighted by molar-refractivity contribution is 4.98. The summed E-state index contributed by atoms with van der Waals surface area (Å²) in [4.78, 5) is 5.12. The van der Waals surface area contributed by atoms with Crippen LogP contribution in [0, 0.1) is 0 Å². The van der Waals surface area contributed by atoms with Gasteiger partial charge >= 0.3 is 0 Å². The van der Waals surface area contributed by atoms with Gasteiger partial charge in [-0.3, -0.25) is 4.90 Å². The van der Waals surface area contributed by atoms with Crippen LogP contribution in [0.4, 0.5) is 0 Å². The molecule has 2 aliphatic heterocycles. The maximum atomic E-state index is 6.17. The average Bonchev–Trinajstić information content (AvgIpc) is 2.50.